The summed E-state index contributed by atoms with van der Waals surface area (Å²) in [5.74, 6) is -1.68. The van der Waals surface area contributed by atoms with Crippen LogP contribution in [0.1, 0.15) is 18.7 Å². The highest BCUT2D eigenvalue weighted by Crippen LogP contribution is 2.23. The molecule has 21 heavy (non-hydrogen) atoms. The molecule has 2 heterocycles. The number of imidazole rings is 1. The zero-order valence-corrected chi connectivity index (χ0v) is 12.0. The summed E-state index contributed by atoms with van der Waals surface area (Å²) in [5.41, 5.74) is 0.303. The molecule has 112 valence electrons. The Morgan fingerprint density at radius 3 is 2.67 bits per heavy atom. The fourth-order valence-electron chi connectivity index (χ4n) is 2.68. The van der Waals surface area contributed by atoms with Gasteiger partial charge in [-0.15, -0.1) is 11.6 Å². The van der Waals surface area contributed by atoms with Crippen LogP contribution in [0, 0.1) is 11.6 Å². The van der Waals surface area contributed by atoms with Crippen molar-refractivity contribution in [2.75, 3.05) is 13.1 Å². The minimum absolute atomic E-state index is 0.00167. The molecule has 1 fully saturated rings. The van der Waals surface area contributed by atoms with Crippen molar-refractivity contribution < 1.29 is 13.6 Å². The highest BCUT2D eigenvalue weighted by Gasteiger charge is 2.22. The van der Waals surface area contributed by atoms with Gasteiger partial charge in [-0.1, -0.05) is 0 Å². The molecule has 0 aliphatic carbocycles. The number of alkyl halides is 1. The molecule has 0 unspecified atom stereocenters. The van der Waals surface area contributed by atoms with Gasteiger partial charge >= 0.3 is 0 Å². The molecule has 1 aliphatic heterocycles. The lowest BCUT2D eigenvalue weighted by Gasteiger charge is -2.16. The number of amides is 1. The van der Waals surface area contributed by atoms with Crippen molar-refractivity contribution in [1.29, 1.82) is 0 Å². The molecule has 0 bridgehead atoms. The standard InChI is InChI=1S/C14H14ClF2N3O/c15-7-11-18-10-4-3-9(16)13(17)14(10)20(11)8-12(21)19-5-1-2-6-19/h3-4H,1-2,5-8H2. The Bertz CT molecular complexity index is 695. The molecular weight excluding hydrogens is 300 g/mol. The highest BCUT2D eigenvalue weighted by atomic mass is 35.5. The number of likely N-dealkylation sites (tertiary alicyclic amines) is 1. The Labute approximate surface area is 125 Å². The topological polar surface area (TPSA) is 38.1 Å². The summed E-state index contributed by atoms with van der Waals surface area (Å²) in [5, 5.41) is 0. The van der Waals surface area contributed by atoms with Crippen molar-refractivity contribution in [3.8, 4) is 0 Å². The number of hydrogen-bond donors (Lipinski definition) is 0. The normalized spacial score (nSPS) is 15.1. The predicted octanol–water partition coefficient (Wildman–Crippen LogP) is 2.68. The van der Waals surface area contributed by atoms with Gasteiger partial charge in [-0.3, -0.25) is 4.79 Å². The minimum Gasteiger partial charge on any atom is -0.341 e. The van der Waals surface area contributed by atoms with Gasteiger partial charge in [0, 0.05) is 13.1 Å². The van der Waals surface area contributed by atoms with Gasteiger partial charge in [-0.25, -0.2) is 13.8 Å². The molecule has 0 spiro atoms. The Morgan fingerprint density at radius 2 is 2.00 bits per heavy atom. The summed E-state index contributed by atoms with van der Waals surface area (Å²) in [4.78, 5) is 18.1. The van der Waals surface area contributed by atoms with E-state index in [4.69, 9.17) is 11.6 Å². The van der Waals surface area contributed by atoms with E-state index in [1.54, 1.807) is 4.90 Å². The zero-order valence-electron chi connectivity index (χ0n) is 11.3. The predicted molar refractivity (Wildman–Crippen MR) is 75.0 cm³/mol. The van der Waals surface area contributed by atoms with Crippen molar-refractivity contribution >= 4 is 28.5 Å². The number of benzene rings is 1. The van der Waals surface area contributed by atoms with Gasteiger partial charge in [0.2, 0.25) is 5.91 Å². The third-order valence-electron chi connectivity index (χ3n) is 3.75. The SMILES string of the molecule is O=C(Cn1c(CCl)nc2ccc(F)c(F)c21)N1CCCC1. The first-order valence-electron chi connectivity index (χ1n) is 6.78. The molecule has 1 aliphatic rings. The molecule has 4 nitrogen and oxygen atoms in total. The summed E-state index contributed by atoms with van der Waals surface area (Å²) in [6.07, 6.45) is 1.95. The van der Waals surface area contributed by atoms with Crippen molar-refractivity contribution in [2.24, 2.45) is 0 Å². The third-order valence-corrected chi connectivity index (χ3v) is 3.99. The van der Waals surface area contributed by atoms with Crippen LogP contribution in [0.15, 0.2) is 12.1 Å². The summed E-state index contributed by atoms with van der Waals surface area (Å²) >= 11 is 5.81. The molecule has 3 rings (SSSR count). The van der Waals surface area contributed by atoms with Crippen LogP contribution in [-0.4, -0.2) is 33.4 Å². The van der Waals surface area contributed by atoms with Gasteiger partial charge in [0.05, 0.1) is 11.4 Å². The molecule has 1 aromatic carbocycles. The van der Waals surface area contributed by atoms with E-state index in [1.165, 1.54) is 10.6 Å². The molecule has 0 saturated carbocycles. The highest BCUT2D eigenvalue weighted by molar-refractivity contribution is 6.16. The van der Waals surface area contributed by atoms with Crippen molar-refractivity contribution in [1.82, 2.24) is 14.5 Å². The average molecular weight is 314 g/mol. The van der Waals surface area contributed by atoms with E-state index in [0.29, 0.717) is 24.4 Å². The monoisotopic (exact) mass is 313 g/mol. The number of rotatable bonds is 3. The van der Waals surface area contributed by atoms with E-state index in [-0.39, 0.29) is 23.8 Å². The summed E-state index contributed by atoms with van der Waals surface area (Å²) in [7, 11) is 0. The molecule has 0 atom stereocenters. The van der Waals surface area contributed by atoms with Gasteiger partial charge in [0.25, 0.3) is 0 Å². The number of aromatic nitrogens is 2. The number of hydrogen-bond acceptors (Lipinski definition) is 2. The van der Waals surface area contributed by atoms with Crippen LogP contribution in [0.25, 0.3) is 11.0 Å². The Hall–Kier alpha value is -1.69. The lowest BCUT2D eigenvalue weighted by molar-refractivity contribution is -0.130. The van der Waals surface area contributed by atoms with Crippen LogP contribution in [-0.2, 0) is 17.2 Å². The maximum atomic E-state index is 14.0. The van der Waals surface area contributed by atoms with Gasteiger partial charge in [-0.05, 0) is 25.0 Å². The van der Waals surface area contributed by atoms with E-state index < -0.39 is 11.6 Å². The molecule has 1 saturated heterocycles. The maximum Gasteiger partial charge on any atom is 0.242 e. The maximum absolute atomic E-state index is 14.0. The summed E-state index contributed by atoms with van der Waals surface area (Å²) in [6, 6.07) is 2.41. The van der Waals surface area contributed by atoms with E-state index in [9.17, 15) is 13.6 Å². The quantitative estimate of drug-likeness (QED) is 0.817. The average Bonchev–Trinajstić information content (AvgIpc) is 3.11. The first-order valence-corrected chi connectivity index (χ1v) is 7.32. The fourth-order valence-corrected chi connectivity index (χ4v) is 2.88. The van der Waals surface area contributed by atoms with Gasteiger partial charge in [0.15, 0.2) is 11.6 Å². The van der Waals surface area contributed by atoms with Gasteiger partial charge in [-0.2, -0.15) is 0 Å². The Morgan fingerprint density at radius 1 is 1.29 bits per heavy atom. The third kappa shape index (κ3) is 2.48. The van der Waals surface area contributed by atoms with Crippen molar-refractivity contribution in [2.45, 2.75) is 25.3 Å². The Kier molecular flexibility index (Phi) is 3.80. The van der Waals surface area contributed by atoms with E-state index >= 15 is 0 Å². The number of carbonyl (C=O) groups excluding carboxylic acids is 1. The molecule has 0 radical (unpaired) electrons. The van der Waals surface area contributed by atoms with Crippen LogP contribution in [0.4, 0.5) is 8.78 Å². The van der Waals surface area contributed by atoms with Crippen LogP contribution >= 0.6 is 11.6 Å². The second-order valence-corrected chi connectivity index (χ2v) is 5.33. The summed E-state index contributed by atoms with van der Waals surface area (Å²) in [6.45, 7) is 1.34. The number of carbonyl (C=O) groups is 1. The van der Waals surface area contributed by atoms with Gasteiger partial charge in [0.1, 0.15) is 17.9 Å². The van der Waals surface area contributed by atoms with Crippen LogP contribution in [0.3, 0.4) is 0 Å². The second-order valence-electron chi connectivity index (χ2n) is 5.06. The molecule has 7 heteroatoms. The van der Waals surface area contributed by atoms with Crippen molar-refractivity contribution in [3.63, 3.8) is 0 Å². The molecule has 0 N–H and O–H groups in total. The summed E-state index contributed by atoms with van der Waals surface area (Å²) < 4.78 is 28.8. The minimum atomic E-state index is -0.995. The Balaban J connectivity index is 2.03. The van der Waals surface area contributed by atoms with Crippen LogP contribution in [0.2, 0.25) is 0 Å². The van der Waals surface area contributed by atoms with Gasteiger partial charge < -0.3 is 9.47 Å². The number of nitrogens with zero attached hydrogens (tertiary/aromatic N) is 3. The molecule has 2 aromatic rings. The van der Waals surface area contributed by atoms with E-state index in [0.717, 1.165) is 18.9 Å². The van der Waals surface area contributed by atoms with E-state index in [1.807, 2.05) is 0 Å². The zero-order chi connectivity index (χ0) is 15.0. The number of halogens is 3. The first kappa shape index (κ1) is 14.3. The molecule has 1 aromatic heterocycles. The first-order chi connectivity index (χ1) is 10.1. The fraction of sp³-hybridized carbons (Fsp3) is 0.429. The smallest absolute Gasteiger partial charge is 0.242 e. The lowest BCUT2D eigenvalue weighted by Crippen LogP contribution is -2.31. The van der Waals surface area contributed by atoms with Crippen molar-refractivity contribution in [3.05, 3.63) is 29.6 Å². The lowest BCUT2D eigenvalue weighted by atomic mass is 10.3. The van der Waals surface area contributed by atoms with E-state index in [2.05, 4.69) is 4.98 Å². The largest absolute Gasteiger partial charge is 0.341 e. The second kappa shape index (κ2) is 5.60. The van der Waals surface area contributed by atoms with Crippen LogP contribution < -0.4 is 0 Å². The molecule has 1 amide bonds. The molecular formula is C14H14ClF2N3O. The van der Waals surface area contributed by atoms with Crippen LogP contribution in [0.5, 0.6) is 0 Å². The number of fused-ring (bicyclic) bond motifs is 1.